The quantitative estimate of drug-likeness (QED) is 0.0370. The second kappa shape index (κ2) is 33.1. The number of aliphatic hydroxyl groups excluding tert-OH is 1. The zero-order valence-electron chi connectivity index (χ0n) is 55.9. The van der Waals surface area contributed by atoms with Crippen molar-refractivity contribution >= 4 is 45.2 Å². The van der Waals surface area contributed by atoms with Gasteiger partial charge in [0.25, 0.3) is 19.6 Å². The number of fused-ring (bicyclic) bond motifs is 2. The zero-order chi connectivity index (χ0) is 64.3. The van der Waals surface area contributed by atoms with Gasteiger partial charge in [-0.2, -0.15) is 10.5 Å². The Morgan fingerprint density at radius 2 is 0.977 bits per heavy atom. The maximum Gasteiger partial charge on any atom is 0.259 e. The van der Waals surface area contributed by atoms with Gasteiger partial charge in [-0.1, -0.05) is 62.8 Å². The van der Waals surface area contributed by atoms with Crippen LogP contribution in [-0.2, 0) is 31.9 Å². The smallest absolute Gasteiger partial charge is 0.259 e. The number of hydrogen-bond donors (Lipinski definition) is 1. The fourth-order valence-electron chi connectivity index (χ4n) is 10.1. The summed E-state index contributed by atoms with van der Waals surface area (Å²) in [5, 5.41) is 28.7. The molecule has 0 spiro atoms. The molecule has 21 nitrogen and oxygen atoms in total. The Labute approximate surface area is 520 Å². The Hall–Kier alpha value is -3.33. The SMILES string of the molecule is C.CC(C)N(C(C)C)P(OCCC#N)N(C(C)C)C(C)C.CC[C@H]1O[C@@H](n2ccc(=O)n3ccnc23)[C@H](O[Si](C)(C)C(C)(C)C)[C@@H]1O.CC[C@H]1O[C@@H](n2ccc(=O)n3ccnc23)[C@H](O[Si](C)(C)C(C)(C)C)[C@@H]1OP(OCCC#N)N(C(C)C)C(C)C. The summed E-state index contributed by atoms with van der Waals surface area (Å²) in [6.45, 7) is 52.9. The molecule has 2 aliphatic rings. The average Bonchev–Trinajstić information content (AvgIpc) is 2.23. The van der Waals surface area contributed by atoms with Gasteiger partial charge in [0.15, 0.2) is 37.5 Å². The van der Waals surface area contributed by atoms with Gasteiger partial charge in [-0.25, -0.2) is 24.0 Å². The third-order valence-corrected chi connectivity index (χ3v) is 30.3. The monoisotopic (exact) mass is 1280 g/mol. The molecular formula is C61H111N11O10P2Si2. The van der Waals surface area contributed by atoms with Crippen molar-refractivity contribution in [2.45, 2.75) is 293 Å². The van der Waals surface area contributed by atoms with Crippen LogP contribution in [0, 0.1) is 22.7 Å². The molecule has 0 amide bonds. The molecule has 4 aromatic heterocycles. The van der Waals surface area contributed by atoms with Gasteiger partial charge < -0.3 is 37.0 Å². The van der Waals surface area contributed by atoms with Crippen LogP contribution in [0.5, 0.6) is 0 Å². The Morgan fingerprint density at radius 1 is 0.605 bits per heavy atom. The van der Waals surface area contributed by atoms with Crippen molar-refractivity contribution in [1.29, 1.82) is 10.5 Å². The highest BCUT2D eigenvalue weighted by Crippen LogP contribution is 2.53. The van der Waals surface area contributed by atoms with Crippen molar-refractivity contribution in [1.82, 2.24) is 41.9 Å². The van der Waals surface area contributed by atoms with E-state index in [1.54, 1.807) is 41.7 Å². The van der Waals surface area contributed by atoms with E-state index < -0.39 is 70.5 Å². The molecule has 0 saturated carbocycles. The lowest BCUT2D eigenvalue weighted by molar-refractivity contribution is -0.0331. The topological polar surface area (TPSA) is 221 Å². The number of imidazole rings is 2. The summed E-state index contributed by atoms with van der Waals surface area (Å²) in [5.74, 6) is 0.973. The maximum absolute atomic E-state index is 12.5. The third kappa shape index (κ3) is 18.9. The first-order valence-corrected chi connectivity index (χ1v) is 38.7. The van der Waals surface area contributed by atoms with Crippen LogP contribution in [-0.4, -0.2) is 150 Å². The lowest BCUT2D eigenvalue weighted by Gasteiger charge is -2.45. The Bertz CT molecular complexity index is 2850. The number of aromatic nitrogens is 6. The van der Waals surface area contributed by atoms with E-state index in [1.807, 2.05) is 11.5 Å². The number of rotatable bonds is 25. The standard InChI is InChI=1S/C27H46N5O5PSi.C18H29N3O4Si.C15H32N3OP.CH4/c1-11-21-23(36-38(34-18-12-14-28)32(19(2)3)20(4)5)24(37-39(9,10)27(6,7)8)25(35-21)31-16-13-22(33)30-17-15-29-26(30)31;1-7-12-14(23)15(25-26(5,6)18(2,3)4)16(24-12)21-10-8-13(22)20-11-9-19-17(20)21;1-12(2)17(13(3)4)20(19-11-9-10-16)18(14(5)6)15(7)8;/h13,15-17,19-21,23-25H,11-12,18H2,1-10H3;8-12,14-16,23H,7H2,1-6H3;12-15H,9,11H2,1-8H3;1H4/t21-,23-,24-,25-,38?;12-,14-,15-,16-;;/m11../s1. The molecule has 488 valence electrons. The van der Waals surface area contributed by atoms with Crippen molar-refractivity contribution < 1.29 is 37.0 Å². The second-order valence-corrected chi connectivity index (χ2v) is 39.3. The van der Waals surface area contributed by atoms with Crippen LogP contribution in [0.25, 0.3) is 11.6 Å². The van der Waals surface area contributed by atoms with Crippen molar-refractivity contribution in [3.8, 4) is 12.1 Å². The van der Waals surface area contributed by atoms with Crippen LogP contribution in [0.4, 0.5) is 0 Å². The first kappa shape index (κ1) is 76.9. The Kier molecular flexibility index (Phi) is 29.6. The average molecular weight is 1280 g/mol. The van der Waals surface area contributed by atoms with Crippen LogP contribution < -0.4 is 11.1 Å². The number of nitriles is 2. The molecule has 0 bridgehead atoms. The third-order valence-electron chi connectivity index (χ3n) is 16.2. The molecule has 1 N–H and O–H groups in total. The van der Waals surface area contributed by atoms with Crippen molar-refractivity contribution in [2.75, 3.05) is 13.2 Å². The molecule has 86 heavy (non-hydrogen) atoms. The summed E-state index contributed by atoms with van der Waals surface area (Å²) in [7, 11) is -6.79. The summed E-state index contributed by atoms with van der Waals surface area (Å²) in [4.78, 5) is 33.3. The largest absolute Gasteiger partial charge is 0.407 e. The van der Waals surface area contributed by atoms with Gasteiger partial charge in [-0.15, -0.1) is 0 Å². The molecule has 0 aromatic carbocycles. The second-order valence-electron chi connectivity index (χ2n) is 26.7. The highest BCUT2D eigenvalue weighted by atomic mass is 31.2. The predicted molar refractivity (Wildman–Crippen MR) is 352 cm³/mol. The van der Waals surface area contributed by atoms with E-state index in [4.69, 9.17) is 42.4 Å². The van der Waals surface area contributed by atoms with E-state index in [1.165, 1.54) is 20.9 Å². The summed E-state index contributed by atoms with van der Waals surface area (Å²) < 4.78 is 59.6. The van der Waals surface area contributed by atoms with Gasteiger partial charge in [-0.05, 0) is 132 Å². The molecule has 0 aliphatic carbocycles. The number of nitrogens with zero attached hydrogens (tertiary/aromatic N) is 11. The van der Waals surface area contributed by atoms with Gasteiger partial charge in [0.05, 0.1) is 50.4 Å². The van der Waals surface area contributed by atoms with Crippen molar-refractivity contribution in [2.24, 2.45) is 0 Å². The zero-order valence-corrected chi connectivity index (χ0v) is 59.7. The molecule has 1 unspecified atom stereocenters. The van der Waals surface area contributed by atoms with Crippen LogP contribution in [0.2, 0.25) is 36.3 Å². The van der Waals surface area contributed by atoms with Crippen LogP contribution in [0.15, 0.2) is 58.9 Å². The highest BCUT2D eigenvalue weighted by molar-refractivity contribution is 7.47. The minimum atomic E-state index is -2.30. The molecule has 9 atom stereocenters. The fraction of sp³-hybridized carbons (Fsp3) is 0.770. The summed E-state index contributed by atoms with van der Waals surface area (Å²) in [5.41, 5.74) is -0.307. The fourth-order valence-corrected chi connectivity index (χ4v) is 16.7. The molecule has 2 fully saturated rings. The highest BCUT2D eigenvalue weighted by Gasteiger charge is 2.54. The van der Waals surface area contributed by atoms with Gasteiger partial charge in [0.2, 0.25) is 11.6 Å². The normalized spacial score (nSPS) is 21.8. The predicted octanol–water partition coefficient (Wildman–Crippen LogP) is 13.4. The van der Waals surface area contributed by atoms with Gasteiger partial charge in [0, 0.05) is 85.6 Å². The van der Waals surface area contributed by atoms with E-state index in [9.17, 15) is 14.7 Å². The minimum Gasteiger partial charge on any atom is -0.407 e. The van der Waals surface area contributed by atoms with E-state index in [0.29, 0.717) is 61.6 Å². The maximum atomic E-state index is 12.5. The summed E-state index contributed by atoms with van der Waals surface area (Å²) in [6.07, 6.45) is 8.18. The summed E-state index contributed by atoms with van der Waals surface area (Å²) >= 11 is 0. The number of ether oxygens (including phenoxy) is 2. The molecule has 6 heterocycles. The van der Waals surface area contributed by atoms with E-state index in [-0.39, 0.29) is 65.9 Å². The molecule has 2 aliphatic heterocycles. The van der Waals surface area contributed by atoms with Gasteiger partial charge >= 0.3 is 0 Å². The van der Waals surface area contributed by atoms with Crippen LogP contribution in [0.1, 0.15) is 184 Å². The van der Waals surface area contributed by atoms with E-state index >= 15 is 0 Å². The molecule has 4 aromatic rings. The van der Waals surface area contributed by atoms with Crippen LogP contribution >= 0.6 is 17.0 Å². The Balaban J connectivity index is 0.000000358. The Morgan fingerprint density at radius 3 is 1.35 bits per heavy atom. The molecule has 2 saturated heterocycles. The molecule has 0 radical (unpaired) electrons. The first-order valence-electron chi connectivity index (χ1n) is 30.6. The molecule has 6 rings (SSSR count). The number of aliphatic hydroxyl groups is 1. The van der Waals surface area contributed by atoms with Gasteiger partial charge in [0.1, 0.15) is 24.4 Å². The van der Waals surface area contributed by atoms with Crippen molar-refractivity contribution in [3.63, 3.8) is 0 Å². The van der Waals surface area contributed by atoms with Gasteiger partial charge in [-0.3, -0.25) is 27.5 Å². The van der Waals surface area contributed by atoms with E-state index in [0.717, 1.165) is 0 Å². The van der Waals surface area contributed by atoms with Crippen molar-refractivity contribution in [3.05, 3.63) is 70.0 Å². The van der Waals surface area contributed by atoms with E-state index in [2.05, 4.69) is 194 Å². The summed E-state index contributed by atoms with van der Waals surface area (Å²) in [6, 6.07) is 9.35. The minimum absolute atomic E-state index is 0. The van der Waals surface area contributed by atoms with Crippen LogP contribution in [0.3, 0.4) is 0 Å². The first-order chi connectivity index (χ1) is 39.5. The number of hydrogen-bond acceptors (Lipinski definition) is 17. The molecule has 25 heteroatoms. The lowest BCUT2D eigenvalue weighted by Crippen LogP contribution is -2.49. The lowest BCUT2D eigenvalue weighted by atomic mass is 10.1. The molecular weight excluding hydrogens is 1160 g/mol.